The lowest BCUT2D eigenvalue weighted by atomic mass is 9.98. The molecule has 1 atom stereocenters. The third-order valence-corrected chi connectivity index (χ3v) is 2.10. The van der Waals surface area contributed by atoms with Crippen molar-refractivity contribution in [2.45, 2.75) is 12.5 Å². The Bertz CT molecular complexity index is 238. The first-order valence-electron chi connectivity index (χ1n) is 3.85. The molecule has 0 aromatic heterocycles. The molecule has 1 aromatic carbocycles. The first kappa shape index (κ1) is 6.80. The standard InChI is InChI=1S/C9H10FN/c10-8-3-1-7(2-4-8)9-5-6-11-9/h1-4,9,11H,5-6H2/t9-/m0/s1. The van der Waals surface area contributed by atoms with Crippen LogP contribution in [0.4, 0.5) is 4.39 Å². The molecule has 0 bridgehead atoms. The van der Waals surface area contributed by atoms with E-state index in [9.17, 15) is 4.39 Å². The summed E-state index contributed by atoms with van der Waals surface area (Å²) in [4.78, 5) is 0. The van der Waals surface area contributed by atoms with Crippen LogP contribution in [0.3, 0.4) is 0 Å². The third kappa shape index (κ3) is 1.26. The highest BCUT2D eigenvalue weighted by atomic mass is 19.1. The Morgan fingerprint density at radius 3 is 2.36 bits per heavy atom. The van der Waals surface area contributed by atoms with E-state index in [-0.39, 0.29) is 5.82 Å². The Morgan fingerprint density at radius 2 is 1.91 bits per heavy atom. The van der Waals surface area contributed by atoms with E-state index in [0.717, 1.165) is 6.54 Å². The summed E-state index contributed by atoms with van der Waals surface area (Å²) in [7, 11) is 0. The van der Waals surface area contributed by atoms with Crippen LogP contribution < -0.4 is 5.32 Å². The molecule has 1 heterocycles. The van der Waals surface area contributed by atoms with Crippen LogP contribution in [0.15, 0.2) is 24.3 Å². The van der Waals surface area contributed by atoms with E-state index in [1.54, 1.807) is 0 Å². The summed E-state index contributed by atoms with van der Waals surface area (Å²) < 4.78 is 12.5. The Hall–Kier alpha value is -0.890. The monoisotopic (exact) mass is 151 g/mol. The zero-order chi connectivity index (χ0) is 7.68. The van der Waals surface area contributed by atoms with Gasteiger partial charge < -0.3 is 5.32 Å². The summed E-state index contributed by atoms with van der Waals surface area (Å²) in [5.74, 6) is -0.159. The first-order valence-corrected chi connectivity index (χ1v) is 3.85. The molecule has 0 saturated carbocycles. The highest BCUT2D eigenvalue weighted by Crippen LogP contribution is 2.22. The summed E-state index contributed by atoms with van der Waals surface area (Å²) in [5.41, 5.74) is 1.19. The van der Waals surface area contributed by atoms with Crippen molar-refractivity contribution in [2.75, 3.05) is 6.54 Å². The summed E-state index contributed by atoms with van der Waals surface area (Å²) in [5, 5.41) is 3.26. The van der Waals surface area contributed by atoms with E-state index in [4.69, 9.17) is 0 Å². The van der Waals surface area contributed by atoms with Crippen LogP contribution in [-0.2, 0) is 0 Å². The fourth-order valence-electron chi connectivity index (χ4n) is 1.27. The predicted octanol–water partition coefficient (Wildman–Crippen LogP) is 1.86. The maximum atomic E-state index is 12.5. The summed E-state index contributed by atoms with van der Waals surface area (Å²) in [6.45, 7) is 1.09. The van der Waals surface area contributed by atoms with Crippen molar-refractivity contribution in [3.8, 4) is 0 Å². The summed E-state index contributed by atoms with van der Waals surface area (Å²) in [6, 6.07) is 7.17. The second-order valence-corrected chi connectivity index (χ2v) is 2.85. The van der Waals surface area contributed by atoms with Gasteiger partial charge in [0.05, 0.1) is 0 Å². The Labute approximate surface area is 65.2 Å². The molecule has 1 N–H and O–H groups in total. The van der Waals surface area contributed by atoms with Gasteiger partial charge in [0.15, 0.2) is 0 Å². The molecule has 0 spiro atoms. The molecule has 2 rings (SSSR count). The quantitative estimate of drug-likeness (QED) is 0.646. The Kier molecular flexibility index (Phi) is 1.62. The maximum absolute atomic E-state index is 12.5. The topological polar surface area (TPSA) is 12.0 Å². The lowest BCUT2D eigenvalue weighted by Gasteiger charge is -2.27. The normalized spacial score (nSPS) is 22.8. The molecule has 58 valence electrons. The number of halogens is 1. The molecule has 0 aliphatic carbocycles. The van der Waals surface area contributed by atoms with Crippen molar-refractivity contribution in [1.82, 2.24) is 5.32 Å². The molecule has 1 aromatic rings. The van der Waals surface area contributed by atoms with E-state index in [2.05, 4.69) is 5.32 Å². The van der Waals surface area contributed by atoms with E-state index in [0.29, 0.717) is 6.04 Å². The third-order valence-electron chi connectivity index (χ3n) is 2.10. The zero-order valence-electron chi connectivity index (χ0n) is 6.18. The van der Waals surface area contributed by atoms with Crippen molar-refractivity contribution >= 4 is 0 Å². The van der Waals surface area contributed by atoms with Crippen LogP contribution in [0.5, 0.6) is 0 Å². The Balaban J connectivity index is 2.18. The minimum absolute atomic E-state index is 0.159. The summed E-state index contributed by atoms with van der Waals surface area (Å²) >= 11 is 0. The number of nitrogens with one attached hydrogen (secondary N) is 1. The molecule has 1 aliphatic heterocycles. The molecule has 1 saturated heterocycles. The van der Waals surface area contributed by atoms with Gasteiger partial charge in [-0.2, -0.15) is 0 Å². The van der Waals surface area contributed by atoms with Crippen molar-refractivity contribution in [2.24, 2.45) is 0 Å². The van der Waals surface area contributed by atoms with E-state index < -0.39 is 0 Å². The van der Waals surface area contributed by atoms with Gasteiger partial charge in [-0.1, -0.05) is 12.1 Å². The van der Waals surface area contributed by atoms with Crippen LogP contribution in [0.2, 0.25) is 0 Å². The minimum atomic E-state index is -0.159. The molecule has 1 nitrogen and oxygen atoms in total. The minimum Gasteiger partial charge on any atom is -0.310 e. The van der Waals surface area contributed by atoms with Crippen LogP contribution >= 0.6 is 0 Å². The van der Waals surface area contributed by atoms with Crippen molar-refractivity contribution in [1.29, 1.82) is 0 Å². The summed E-state index contributed by atoms with van der Waals surface area (Å²) in [6.07, 6.45) is 1.17. The van der Waals surface area contributed by atoms with Gasteiger partial charge in [0.2, 0.25) is 0 Å². The highest BCUT2D eigenvalue weighted by Gasteiger charge is 2.17. The number of benzene rings is 1. The molecule has 2 heteroatoms. The average molecular weight is 151 g/mol. The molecule has 1 aliphatic rings. The average Bonchev–Trinajstić information content (AvgIpc) is 1.90. The number of rotatable bonds is 1. The molecule has 0 radical (unpaired) electrons. The molecule has 11 heavy (non-hydrogen) atoms. The molecule has 0 amide bonds. The van der Waals surface area contributed by atoms with E-state index in [1.165, 1.54) is 24.1 Å². The molecule has 0 unspecified atom stereocenters. The molecular formula is C9H10FN. The van der Waals surface area contributed by atoms with Gasteiger partial charge in [0, 0.05) is 6.04 Å². The maximum Gasteiger partial charge on any atom is 0.123 e. The first-order chi connectivity index (χ1) is 5.36. The van der Waals surface area contributed by atoms with Gasteiger partial charge in [0.25, 0.3) is 0 Å². The largest absolute Gasteiger partial charge is 0.310 e. The van der Waals surface area contributed by atoms with Crippen molar-refractivity contribution in [3.63, 3.8) is 0 Å². The van der Waals surface area contributed by atoms with Crippen LogP contribution in [0.25, 0.3) is 0 Å². The van der Waals surface area contributed by atoms with E-state index >= 15 is 0 Å². The Morgan fingerprint density at radius 1 is 1.27 bits per heavy atom. The van der Waals surface area contributed by atoms with E-state index in [1.807, 2.05) is 12.1 Å². The van der Waals surface area contributed by atoms with Crippen LogP contribution in [-0.4, -0.2) is 6.54 Å². The SMILES string of the molecule is Fc1ccc([C@@H]2CCN2)cc1. The molecule has 1 fully saturated rings. The predicted molar refractivity (Wildman–Crippen MR) is 41.8 cm³/mol. The zero-order valence-corrected chi connectivity index (χ0v) is 6.18. The van der Waals surface area contributed by atoms with Crippen molar-refractivity contribution in [3.05, 3.63) is 35.6 Å². The smallest absolute Gasteiger partial charge is 0.123 e. The van der Waals surface area contributed by atoms with Crippen LogP contribution in [0, 0.1) is 5.82 Å². The second-order valence-electron chi connectivity index (χ2n) is 2.85. The van der Waals surface area contributed by atoms with Gasteiger partial charge in [-0.05, 0) is 30.7 Å². The number of hydrogen-bond acceptors (Lipinski definition) is 1. The van der Waals surface area contributed by atoms with Gasteiger partial charge >= 0.3 is 0 Å². The van der Waals surface area contributed by atoms with Gasteiger partial charge in [-0.15, -0.1) is 0 Å². The highest BCUT2D eigenvalue weighted by molar-refractivity contribution is 5.21. The lowest BCUT2D eigenvalue weighted by Crippen LogP contribution is -2.34. The van der Waals surface area contributed by atoms with Gasteiger partial charge in [-0.25, -0.2) is 4.39 Å². The molecular weight excluding hydrogens is 141 g/mol. The van der Waals surface area contributed by atoms with Gasteiger partial charge in [0.1, 0.15) is 5.82 Å². The fourth-order valence-corrected chi connectivity index (χ4v) is 1.27. The van der Waals surface area contributed by atoms with Gasteiger partial charge in [-0.3, -0.25) is 0 Å². The lowest BCUT2D eigenvalue weighted by molar-refractivity contribution is 0.383. The number of hydrogen-bond donors (Lipinski definition) is 1. The van der Waals surface area contributed by atoms with Crippen LogP contribution in [0.1, 0.15) is 18.0 Å². The fraction of sp³-hybridized carbons (Fsp3) is 0.333. The second kappa shape index (κ2) is 2.62. The van der Waals surface area contributed by atoms with Crippen molar-refractivity contribution < 1.29 is 4.39 Å².